The van der Waals surface area contributed by atoms with E-state index in [1.807, 2.05) is 0 Å². The molecule has 1 saturated carbocycles. The maximum absolute atomic E-state index is 12.0. The van der Waals surface area contributed by atoms with Gasteiger partial charge in [0.2, 0.25) is 0 Å². The summed E-state index contributed by atoms with van der Waals surface area (Å²) in [6, 6.07) is 0. The lowest BCUT2D eigenvalue weighted by atomic mass is 10.0. The van der Waals surface area contributed by atoms with Gasteiger partial charge in [0.05, 0.1) is 21.3 Å². The highest BCUT2D eigenvalue weighted by atomic mass is 28.3. The summed E-state index contributed by atoms with van der Waals surface area (Å²) in [6.07, 6.45) is 3.44. The minimum absolute atomic E-state index is 0.282. The number of hydrogen-bond acceptors (Lipinski definition) is 4. The van der Waals surface area contributed by atoms with E-state index in [2.05, 4.69) is 26.2 Å². The molecular formula is C17H30O4Si. The van der Waals surface area contributed by atoms with Crippen molar-refractivity contribution in [1.29, 1.82) is 0 Å². The van der Waals surface area contributed by atoms with Gasteiger partial charge in [0.1, 0.15) is 0 Å². The number of esters is 2. The molecule has 1 rings (SSSR count). The van der Waals surface area contributed by atoms with Gasteiger partial charge in [-0.3, -0.25) is 9.59 Å². The fourth-order valence-corrected chi connectivity index (χ4v) is 5.91. The molecule has 0 aromatic carbocycles. The molecule has 22 heavy (non-hydrogen) atoms. The predicted octanol–water partition coefficient (Wildman–Crippen LogP) is 3.94. The zero-order chi connectivity index (χ0) is 17.0. The fourth-order valence-electron chi connectivity index (χ4n) is 3.18. The molecule has 0 saturated heterocycles. The lowest BCUT2D eigenvalue weighted by Crippen LogP contribution is -2.31. The summed E-state index contributed by atoms with van der Waals surface area (Å²) in [4.78, 5) is 23.9. The maximum Gasteiger partial charge on any atom is 0.320 e. The molecule has 0 radical (unpaired) electrons. The topological polar surface area (TPSA) is 52.6 Å². The first kappa shape index (κ1) is 18.9. The van der Waals surface area contributed by atoms with Crippen LogP contribution in [0.25, 0.3) is 0 Å². The van der Waals surface area contributed by atoms with Crippen LogP contribution in [0.2, 0.25) is 24.7 Å². The van der Waals surface area contributed by atoms with Gasteiger partial charge in [0.15, 0.2) is 5.92 Å². The smallest absolute Gasteiger partial charge is 0.320 e. The van der Waals surface area contributed by atoms with Gasteiger partial charge in [-0.05, 0) is 38.1 Å². The Labute approximate surface area is 135 Å². The van der Waals surface area contributed by atoms with Crippen LogP contribution in [0.4, 0.5) is 0 Å². The molecule has 0 heterocycles. The van der Waals surface area contributed by atoms with Crippen molar-refractivity contribution >= 4 is 20.0 Å². The first-order chi connectivity index (χ1) is 10.2. The van der Waals surface area contributed by atoms with Crippen molar-refractivity contribution in [2.75, 3.05) is 13.2 Å². The molecular weight excluding hydrogens is 296 g/mol. The van der Waals surface area contributed by atoms with Crippen molar-refractivity contribution in [2.24, 2.45) is 5.92 Å². The highest BCUT2D eigenvalue weighted by molar-refractivity contribution is 6.81. The summed E-state index contributed by atoms with van der Waals surface area (Å²) >= 11 is 0. The number of rotatable bonds is 9. The molecule has 1 unspecified atom stereocenters. The maximum atomic E-state index is 12.0. The fraction of sp³-hybridized carbons (Fsp3) is 0.765. The second kappa shape index (κ2) is 7.44. The van der Waals surface area contributed by atoms with E-state index in [0.29, 0.717) is 11.5 Å². The first-order valence-corrected chi connectivity index (χ1v) is 11.7. The molecule has 126 valence electrons. The zero-order valence-electron chi connectivity index (χ0n) is 14.7. The lowest BCUT2D eigenvalue weighted by molar-refractivity contribution is -0.161. The quantitative estimate of drug-likeness (QED) is 0.279. The van der Waals surface area contributed by atoms with E-state index in [4.69, 9.17) is 9.47 Å². The first-order valence-electron chi connectivity index (χ1n) is 8.21. The average molecular weight is 327 g/mol. The van der Waals surface area contributed by atoms with Gasteiger partial charge in [-0.1, -0.05) is 38.2 Å². The number of carbonyl (C=O) groups is 2. The van der Waals surface area contributed by atoms with Gasteiger partial charge < -0.3 is 9.47 Å². The molecule has 0 N–H and O–H groups in total. The summed E-state index contributed by atoms with van der Waals surface area (Å²) in [6.45, 7) is 15.3. The molecule has 4 nitrogen and oxygen atoms in total. The van der Waals surface area contributed by atoms with Crippen LogP contribution in [0, 0.1) is 5.92 Å². The molecule has 1 aliphatic rings. The molecule has 0 aromatic heterocycles. The van der Waals surface area contributed by atoms with Crippen molar-refractivity contribution in [3.05, 3.63) is 12.2 Å². The molecule has 0 aromatic rings. The van der Waals surface area contributed by atoms with E-state index in [1.165, 1.54) is 5.57 Å². The van der Waals surface area contributed by atoms with E-state index < -0.39 is 25.9 Å². The summed E-state index contributed by atoms with van der Waals surface area (Å²) < 4.78 is 10.0. The van der Waals surface area contributed by atoms with Crippen LogP contribution in [-0.4, -0.2) is 33.2 Å². The monoisotopic (exact) mass is 326 g/mol. The third-order valence-electron chi connectivity index (χ3n) is 4.74. The summed E-state index contributed by atoms with van der Waals surface area (Å²) in [5.74, 6) is -1.71. The van der Waals surface area contributed by atoms with Crippen LogP contribution in [0.1, 0.15) is 39.5 Å². The third-order valence-corrected chi connectivity index (χ3v) is 8.39. The Morgan fingerprint density at radius 1 is 1.18 bits per heavy atom. The lowest BCUT2D eigenvalue weighted by Gasteiger charge is -2.29. The Bertz CT molecular complexity index is 420. The average Bonchev–Trinajstić information content (AvgIpc) is 3.07. The Hall–Kier alpha value is -1.10. The summed E-state index contributed by atoms with van der Waals surface area (Å²) in [7, 11) is -1.33. The second-order valence-corrected chi connectivity index (χ2v) is 12.5. The Morgan fingerprint density at radius 2 is 1.64 bits per heavy atom. The van der Waals surface area contributed by atoms with Crippen LogP contribution >= 0.6 is 0 Å². The van der Waals surface area contributed by atoms with Crippen molar-refractivity contribution in [3.8, 4) is 0 Å². The highest BCUT2D eigenvalue weighted by Crippen LogP contribution is 2.67. The molecule has 1 atom stereocenters. The Balaban J connectivity index is 2.62. The van der Waals surface area contributed by atoms with Gasteiger partial charge in [0, 0.05) is 0 Å². The Morgan fingerprint density at radius 3 is 1.95 bits per heavy atom. The van der Waals surface area contributed by atoms with Gasteiger partial charge in [-0.15, -0.1) is 0 Å². The van der Waals surface area contributed by atoms with Crippen LogP contribution in [0.5, 0.6) is 0 Å². The van der Waals surface area contributed by atoms with Gasteiger partial charge in [-0.2, -0.15) is 0 Å². The SMILES string of the molecule is C=C1CC1(CCCC(C(=O)OCC)C(=O)OCC)[Si](C)(C)C. The van der Waals surface area contributed by atoms with Crippen LogP contribution in [-0.2, 0) is 19.1 Å². The number of hydrogen-bond donors (Lipinski definition) is 0. The Kier molecular flexibility index (Phi) is 6.41. The van der Waals surface area contributed by atoms with Crippen LogP contribution in [0.3, 0.4) is 0 Å². The number of allylic oxidation sites excluding steroid dienone is 1. The molecule has 0 spiro atoms. The zero-order valence-corrected chi connectivity index (χ0v) is 15.7. The predicted molar refractivity (Wildman–Crippen MR) is 90.4 cm³/mol. The van der Waals surface area contributed by atoms with Crippen molar-refractivity contribution < 1.29 is 19.1 Å². The largest absolute Gasteiger partial charge is 0.465 e. The van der Waals surface area contributed by atoms with E-state index in [0.717, 1.165) is 19.3 Å². The standard InChI is InChI=1S/C17H30O4Si/c1-7-20-15(18)14(16(19)21-8-2)10-9-11-17(12-13(17)3)22(4,5)6/h14H,3,7-12H2,1-2,4-6H3. The van der Waals surface area contributed by atoms with Crippen molar-refractivity contribution in [2.45, 2.75) is 64.2 Å². The van der Waals surface area contributed by atoms with Crippen LogP contribution in [0.15, 0.2) is 12.2 Å². The molecule has 0 aliphatic heterocycles. The van der Waals surface area contributed by atoms with Crippen molar-refractivity contribution in [1.82, 2.24) is 0 Å². The molecule has 1 aliphatic carbocycles. The van der Waals surface area contributed by atoms with E-state index in [1.54, 1.807) is 13.8 Å². The van der Waals surface area contributed by atoms with Gasteiger partial charge in [0.25, 0.3) is 0 Å². The van der Waals surface area contributed by atoms with Gasteiger partial charge >= 0.3 is 11.9 Å². The number of carbonyl (C=O) groups excluding carboxylic acids is 2. The third kappa shape index (κ3) is 4.21. The summed E-state index contributed by atoms with van der Waals surface area (Å²) in [5, 5.41) is 0.293. The molecule has 0 amide bonds. The minimum atomic E-state index is -1.33. The minimum Gasteiger partial charge on any atom is -0.465 e. The normalized spacial score (nSPS) is 20.9. The van der Waals surface area contributed by atoms with E-state index in [9.17, 15) is 9.59 Å². The van der Waals surface area contributed by atoms with E-state index in [-0.39, 0.29) is 13.2 Å². The van der Waals surface area contributed by atoms with Crippen molar-refractivity contribution in [3.63, 3.8) is 0 Å². The molecule has 5 heteroatoms. The molecule has 1 fully saturated rings. The highest BCUT2D eigenvalue weighted by Gasteiger charge is 2.55. The second-order valence-electron chi connectivity index (χ2n) is 7.06. The summed E-state index contributed by atoms with van der Waals surface area (Å²) in [5.41, 5.74) is 1.34. The van der Waals surface area contributed by atoms with Crippen LogP contribution < -0.4 is 0 Å². The van der Waals surface area contributed by atoms with E-state index >= 15 is 0 Å². The van der Waals surface area contributed by atoms with Gasteiger partial charge in [-0.25, -0.2) is 0 Å². The number of ether oxygens (including phenoxy) is 2. The molecule has 0 bridgehead atoms.